The Hall–Kier alpha value is -3.33. The molecule has 0 atom stereocenters. The van der Waals surface area contributed by atoms with E-state index in [-0.39, 0.29) is 11.8 Å². The summed E-state index contributed by atoms with van der Waals surface area (Å²) in [7, 11) is 1.79. The van der Waals surface area contributed by atoms with Gasteiger partial charge < -0.3 is 25.6 Å². The van der Waals surface area contributed by atoms with Crippen LogP contribution in [0.1, 0.15) is 24.8 Å². The molecule has 10 heteroatoms. The Labute approximate surface area is 184 Å². The lowest BCUT2D eigenvalue weighted by Crippen LogP contribution is -2.29. The number of anilines is 3. The molecule has 2 amide bonds. The summed E-state index contributed by atoms with van der Waals surface area (Å²) in [5, 5.41) is 9.62. The van der Waals surface area contributed by atoms with Crippen molar-refractivity contribution in [1.82, 2.24) is 14.9 Å². The summed E-state index contributed by atoms with van der Waals surface area (Å²) in [4.78, 5) is 35.0. The Morgan fingerprint density at radius 3 is 2.87 bits per heavy atom. The van der Waals surface area contributed by atoms with Crippen molar-refractivity contribution in [1.29, 1.82) is 0 Å². The number of ether oxygens (including phenoxy) is 1. The maximum atomic E-state index is 12.5. The van der Waals surface area contributed by atoms with Crippen LogP contribution < -0.4 is 20.7 Å². The highest BCUT2D eigenvalue weighted by atomic mass is 35.5. The fourth-order valence-electron chi connectivity index (χ4n) is 3.40. The number of hydrogen-bond acceptors (Lipinski definition) is 7. The molecule has 9 nitrogen and oxygen atoms in total. The number of amides is 2. The van der Waals surface area contributed by atoms with E-state index in [9.17, 15) is 9.59 Å². The minimum absolute atomic E-state index is 0.0641. The first-order valence-electron chi connectivity index (χ1n) is 10.1. The number of nitrogens with zero attached hydrogens (tertiary/aromatic N) is 3. The number of nitrogens with one attached hydrogen (secondary N) is 3. The van der Waals surface area contributed by atoms with Gasteiger partial charge in [0.15, 0.2) is 0 Å². The highest BCUT2D eigenvalue weighted by Crippen LogP contribution is 2.35. The minimum atomic E-state index is -0.267. The predicted octanol–water partition coefficient (Wildman–Crippen LogP) is 2.97. The van der Waals surface area contributed by atoms with E-state index in [0.29, 0.717) is 71.8 Å². The molecule has 0 radical (unpaired) electrons. The summed E-state index contributed by atoms with van der Waals surface area (Å²) in [5.74, 6) is 1.32. The SMILES string of the molecule is CN1CCCNc2ncnc3c2/C(=C/Nc2ccc(Cl)c(c2)OCCCC1=O)C(=O)N3. The van der Waals surface area contributed by atoms with Crippen LogP contribution in [0.25, 0.3) is 5.57 Å². The van der Waals surface area contributed by atoms with Crippen LogP contribution in [0.2, 0.25) is 5.02 Å². The normalized spacial score (nSPS) is 18.9. The zero-order valence-corrected chi connectivity index (χ0v) is 17.8. The summed E-state index contributed by atoms with van der Waals surface area (Å²) in [6.45, 7) is 1.58. The zero-order valence-electron chi connectivity index (χ0n) is 17.1. The van der Waals surface area contributed by atoms with E-state index in [4.69, 9.17) is 16.3 Å². The molecule has 31 heavy (non-hydrogen) atoms. The summed E-state index contributed by atoms with van der Waals surface area (Å²) in [6.07, 6.45) is 4.75. The van der Waals surface area contributed by atoms with Crippen LogP contribution in [0.15, 0.2) is 30.7 Å². The van der Waals surface area contributed by atoms with Crippen molar-refractivity contribution in [2.45, 2.75) is 19.3 Å². The van der Waals surface area contributed by atoms with Gasteiger partial charge in [-0.1, -0.05) is 11.6 Å². The van der Waals surface area contributed by atoms with Crippen molar-refractivity contribution in [3.63, 3.8) is 0 Å². The molecule has 0 aliphatic carbocycles. The molecule has 0 spiro atoms. The Bertz CT molecular complexity index is 1040. The van der Waals surface area contributed by atoms with Gasteiger partial charge in [-0.15, -0.1) is 0 Å². The predicted molar refractivity (Wildman–Crippen MR) is 119 cm³/mol. The Morgan fingerprint density at radius 1 is 1.16 bits per heavy atom. The zero-order chi connectivity index (χ0) is 21.8. The third-order valence-corrected chi connectivity index (χ3v) is 5.40. The molecular formula is C21H23ClN6O3. The second kappa shape index (κ2) is 9.22. The summed E-state index contributed by atoms with van der Waals surface area (Å²) in [6, 6.07) is 5.26. The van der Waals surface area contributed by atoms with E-state index in [2.05, 4.69) is 25.9 Å². The first-order valence-corrected chi connectivity index (χ1v) is 10.4. The first kappa shape index (κ1) is 20.9. The van der Waals surface area contributed by atoms with E-state index in [0.717, 1.165) is 6.42 Å². The van der Waals surface area contributed by atoms with Gasteiger partial charge in [0.2, 0.25) is 5.91 Å². The van der Waals surface area contributed by atoms with Crippen LogP contribution >= 0.6 is 11.6 Å². The smallest absolute Gasteiger partial charge is 0.259 e. The molecule has 0 unspecified atom stereocenters. The van der Waals surface area contributed by atoms with Gasteiger partial charge >= 0.3 is 0 Å². The number of halogens is 1. The molecule has 1 aromatic heterocycles. The molecular weight excluding hydrogens is 420 g/mol. The minimum Gasteiger partial charge on any atom is -0.492 e. The average molecular weight is 443 g/mol. The molecule has 0 saturated carbocycles. The molecule has 2 aliphatic rings. The molecule has 3 N–H and O–H groups in total. The van der Waals surface area contributed by atoms with E-state index < -0.39 is 0 Å². The summed E-state index contributed by atoms with van der Waals surface area (Å²) in [5.41, 5.74) is 1.73. The average Bonchev–Trinajstić information content (AvgIpc) is 3.09. The van der Waals surface area contributed by atoms with Gasteiger partial charge in [0, 0.05) is 44.5 Å². The van der Waals surface area contributed by atoms with Gasteiger partial charge in [-0.25, -0.2) is 9.97 Å². The van der Waals surface area contributed by atoms with Crippen LogP contribution in [0, 0.1) is 0 Å². The second-order valence-electron chi connectivity index (χ2n) is 7.30. The van der Waals surface area contributed by atoms with Crippen molar-refractivity contribution in [3.8, 4) is 5.75 Å². The quantitative estimate of drug-likeness (QED) is 0.575. The standard InChI is InChI=1S/C21H23ClN6O3/c1-28-8-3-7-23-19-18-14(21(30)27-20(18)26-12-25-19)11-24-13-5-6-15(22)16(10-13)31-9-2-4-17(28)29/h5-6,10-12,24H,2-4,7-9H2,1H3,(H2,23,25,26,27,30)/b14-11-. The lowest BCUT2D eigenvalue weighted by atomic mass is 10.1. The number of rotatable bonds is 0. The van der Waals surface area contributed by atoms with Crippen LogP contribution in [0.3, 0.4) is 0 Å². The van der Waals surface area contributed by atoms with Crippen molar-refractivity contribution < 1.29 is 14.3 Å². The lowest BCUT2D eigenvalue weighted by molar-refractivity contribution is -0.130. The number of fused-ring (bicyclic) bond motifs is 2. The number of benzene rings is 1. The lowest BCUT2D eigenvalue weighted by Gasteiger charge is -2.18. The Kier molecular flexibility index (Phi) is 6.22. The first-order chi connectivity index (χ1) is 15.0. The molecule has 0 fully saturated rings. The van der Waals surface area contributed by atoms with Crippen molar-refractivity contribution in [2.75, 3.05) is 42.7 Å². The molecule has 0 saturated heterocycles. The Balaban J connectivity index is 1.65. The molecule has 2 aromatic rings. The maximum absolute atomic E-state index is 12.5. The number of carbonyl (C=O) groups is 2. The van der Waals surface area contributed by atoms with Crippen LogP contribution in [0.4, 0.5) is 17.3 Å². The van der Waals surface area contributed by atoms with Gasteiger partial charge in [-0.2, -0.15) is 0 Å². The summed E-state index contributed by atoms with van der Waals surface area (Å²) < 4.78 is 5.77. The highest BCUT2D eigenvalue weighted by Gasteiger charge is 2.29. The molecule has 2 bridgehead atoms. The van der Waals surface area contributed by atoms with Gasteiger partial charge in [-0.05, 0) is 25.0 Å². The number of aromatic nitrogens is 2. The van der Waals surface area contributed by atoms with Crippen LogP contribution in [0.5, 0.6) is 5.75 Å². The van der Waals surface area contributed by atoms with Gasteiger partial charge in [0.05, 0.1) is 22.8 Å². The van der Waals surface area contributed by atoms with E-state index >= 15 is 0 Å². The molecule has 2 aliphatic heterocycles. The van der Waals surface area contributed by atoms with Gasteiger partial charge in [-0.3, -0.25) is 9.59 Å². The third-order valence-electron chi connectivity index (χ3n) is 5.09. The highest BCUT2D eigenvalue weighted by molar-refractivity contribution is 6.33. The van der Waals surface area contributed by atoms with E-state index in [1.165, 1.54) is 6.33 Å². The van der Waals surface area contributed by atoms with Crippen molar-refractivity contribution >= 4 is 46.3 Å². The second-order valence-corrected chi connectivity index (χ2v) is 7.70. The number of hydrogen-bond donors (Lipinski definition) is 3. The van der Waals surface area contributed by atoms with Crippen LogP contribution in [-0.2, 0) is 9.59 Å². The largest absolute Gasteiger partial charge is 0.492 e. The van der Waals surface area contributed by atoms with Gasteiger partial charge in [0.1, 0.15) is 23.7 Å². The van der Waals surface area contributed by atoms with Gasteiger partial charge in [0.25, 0.3) is 5.91 Å². The molecule has 3 heterocycles. The van der Waals surface area contributed by atoms with E-state index in [1.807, 2.05) is 0 Å². The molecule has 4 rings (SSSR count). The number of carbonyl (C=O) groups excluding carboxylic acids is 2. The Morgan fingerprint density at radius 2 is 2.00 bits per heavy atom. The topological polar surface area (TPSA) is 108 Å². The van der Waals surface area contributed by atoms with E-state index in [1.54, 1.807) is 36.3 Å². The monoisotopic (exact) mass is 442 g/mol. The van der Waals surface area contributed by atoms with Crippen LogP contribution in [-0.4, -0.2) is 53.4 Å². The fraction of sp³-hybridized carbons (Fsp3) is 0.333. The molecule has 162 valence electrons. The van der Waals surface area contributed by atoms with Crippen molar-refractivity contribution in [3.05, 3.63) is 41.3 Å². The van der Waals surface area contributed by atoms with Crippen molar-refractivity contribution in [2.24, 2.45) is 0 Å². The maximum Gasteiger partial charge on any atom is 0.259 e. The third kappa shape index (κ3) is 4.72. The fourth-order valence-corrected chi connectivity index (χ4v) is 3.57. The molecule has 1 aromatic carbocycles. The summed E-state index contributed by atoms with van der Waals surface area (Å²) >= 11 is 6.24.